The number of hydrogen-bond acceptors (Lipinski definition) is 6. The van der Waals surface area contributed by atoms with Crippen molar-refractivity contribution < 1.29 is 4.52 Å². The summed E-state index contributed by atoms with van der Waals surface area (Å²) in [6, 6.07) is 0. The second kappa shape index (κ2) is 3.64. The van der Waals surface area contributed by atoms with Gasteiger partial charge in [0.1, 0.15) is 0 Å². The molecule has 0 fully saturated rings. The second-order valence-electron chi connectivity index (χ2n) is 3.91. The lowest BCUT2D eigenvalue weighted by molar-refractivity contribution is 0.307. The third-order valence-corrected chi connectivity index (χ3v) is 2.70. The van der Waals surface area contributed by atoms with Gasteiger partial charge in [0.25, 0.3) is 0 Å². The number of nitrogens with zero attached hydrogens (tertiary/aromatic N) is 5. The lowest BCUT2D eigenvalue weighted by Crippen LogP contribution is -2.27. The van der Waals surface area contributed by atoms with E-state index in [0.717, 1.165) is 25.2 Å². The normalized spacial score (nSPS) is 16.1. The molecule has 6 nitrogen and oxygen atoms in total. The van der Waals surface area contributed by atoms with E-state index in [9.17, 15) is 0 Å². The quantitative estimate of drug-likeness (QED) is 0.693. The molecule has 2 aromatic heterocycles. The summed E-state index contributed by atoms with van der Waals surface area (Å²) in [4.78, 5) is 14.9. The van der Waals surface area contributed by atoms with E-state index < -0.39 is 0 Å². The average molecular weight is 217 g/mol. The Morgan fingerprint density at radius 2 is 2.25 bits per heavy atom. The molecule has 0 N–H and O–H groups in total. The standard InChI is InChI=1S/C10H11N5O/c1-15-3-2-7-4-11-9(13-8(7)5-15)10-12-6-16-14-10/h4,6H,2-3,5H2,1H3. The van der Waals surface area contributed by atoms with Crippen LogP contribution in [0, 0.1) is 0 Å². The van der Waals surface area contributed by atoms with E-state index in [4.69, 9.17) is 0 Å². The first-order chi connectivity index (χ1) is 7.83. The van der Waals surface area contributed by atoms with Crippen molar-refractivity contribution in [2.75, 3.05) is 13.6 Å². The highest BCUT2D eigenvalue weighted by Gasteiger charge is 2.17. The topological polar surface area (TPSA) is 67.9 Å². The predicted octanol–water partition coefficient (Wildman–Crippen LogP) is 0.514. The van der Waals surface area contributed by atoms with Crippen LogP contribution in [0.25, 0.3) is 11.6 Å². The Morgan fingerprint density at radius 3 is 3.06 bits per heavy atom. The largest absolute Gasteiger partial charge is 0.342 e. The summed E-state index contributed by atoms with van der Waals surface area (Å²) >= 11 is 0. The van der Waals surface area contributed by atoms with Gasteiger partial charge in [0.2, 0.25) is 18.0 Å². The zero-order chi connectivity index (χ0) is 11.0. The molecule has 0 aromatic carbocycles. The average Bonchev–Trinajstić information content (AvgIpc) is 2.81. The summed E-state index contributed by atoms with van der Waals surface area (Å²) in [5.41, 5.74) is 2.27. The highest BCUT2D eigenvalue weighted by Crippen LogP contribution is 2.17. The molecule has 2 aromatic rings. The molecule has 1 aliphatic rings. The third kappa shape index (κ3) is 1.57. The van der Waals surface area contributed by atoms with Gasteiger partial charge in [0, 0.05) is 19.3 Å². The summed E-state index contributed by atoms with van der Waals surface area (Å²) in [7, 11) is 2.08. The summed E-state index contributed by atoms with van der Waals surface area (Å²) < 4.78 is 4.68. The van der Waals surface area contributed by atoms with E-state index >= 15 is 0 Å². The summed E-state index contributed by atoms with van der Waals surface area (Å²) in [5, 5.41) is 3.73. The smallest absolute Gasteiger partial charge is 0.239 e. The van der Waals surface area contributed by atoms with Crippen molar-refractivity contribution in [3.05, 3.63) is 23.8 Å². The molecule has 16 heavy (non-hydrogen) atoms. The minimum atomic E-state index is 0.441. The van der Waals surface area contributed by atoms with E-state index in [1.165, 1.54) is 12.0 Å². The van der Waals surface area contributed by atoms with E-state index in [1.807, 2.05) is 6.20 Å². The molecule has 0 aliphatic carbocycles. The lowest BCUT2D eigenvalue weighted by Gasteiger charge is -2.23. The lowest BCUT2D eigenvalue weighted by atomic mass is 10.1. The minimum Gasteiger partial charge on any atom is -0.342 e. The highest BCUT2D eigenvalue weighted by atomic mass is 16.5. The maximum absolute atomic E-state index is 4.68. The van der Waals surface area contributed by atoms with Crippen molar-refractivity contribution in [3.63, 3.8) is 0 Å². The SMILES string of the molecule is CN1CCc2cnc(-c3ncon3)nc2C1. The van der Waals surface area contributed by atoms with Crippen molar-refractivity contribution in [3.8, 4) is 11.6 Å². The van der Waals surface area contributed by atoms with Crippen LogP contribution in [-0.4, -0.2) is 38.6 Å². The van der Waals surface area contributed by atoms with E-state index in [2.05, 4.69) is 36.6 Å². The van der Waals surface area contributed by atoms with E-state index in [0.29, 0.717) is 11.6 Å². The first-order valence-electron chi connectivity index (χ1n) is 5.13. The van der Waals surface area contributed by atoms with Gasteiger partial charge in [-0.2, -0.15) is 4.98 Å². The monoisotopic (exact) mass is 217 g/mol. The van der Waals surface area contributed by atoms with Crippen LogP contribution < -0.4 is 0 Å². The fourth-order valence-electron chi connectivity index (χ4n) is 1.81. The van der Waals surface area contributed by atoms with Crippen LogP contribution in [0.1, 0.15) is 11.3 Å². The van der Waals surface area contributed by atoms with Crippen LogP contribution in [0.15, 0.2) is 17.1 Å². The van der Waals surface area contributed by atoms with Gasteiger partial charge in [0.05, 0.1) is 5.69 Å². The zero-order valence-electron chi connectivity index (χ0n) is 8.92. The van der Waals surface area contributed by atoms with Gasteiger partial charge in [-0.3, -0.25) is 0 Å². The predicted molar refractivity (Wildman–Crippen MR) is 55.4 cm³/mol. The summed E-state index contributed by atoms with van der Waals surface area (Å²) in [6.07, 6.45) is 4.14. The first-order valence-corrected chi connectivity index (χ1v) is 5.13. The zero-order valence-corrected chi connectivity index (χ0v) is 8.92. The Bertz CT molecular complexity index is 496. The van der Waals surface area contributed by atoms with Crippen LogP contribution in [0.3, 0.4) is 0 Å². The van der Waals surface area contributed by atoms with Gasteiger partial charge >= 0.3 is 0 Å². The second-order valence-corrected chi connectivity index (χ2v) is 3.91. The molecule has 0 spiro atoms. The molecule has 0 radical (unpaired) electrons. The van der Waals surface area contributed by atoms with Crippen molar-refractivity contribution in [2.24, 2.45) is 0 Å². The Morgan fingerprint density at radius 1 is 1.31 bits per heavy atom. The molecule has 6 heteroatoms. The van der Waals surface area contributed by atoms with Crippen LogP contribution >= 0.6 is 0 Å². The van der Waals surface area contributed by atoms with Crippen LogP contribution in [0.2, 0.25) is 0 Å². The van der Waals surface area contributed by atoms with Gasteiger partial charge in [-0.25, -0.2) is 9.97 Å². The Kier molecular flexibility index (Phi) is 2.14. The highest BCUT2D eigenvalue weighted by molar-refractivity contribution is 5.42. The van der Waals surface area contributed by atoms with E-state index in [1.54, 1.807) is 0 Å². The molecular weight excluding hydrogens is 206 g/mol. The van der Waals surface area contributed by atoms with Crippen molar-refractivity contribution in [1.82, 2.24) is 25.0 Å². The van der Waals surface area contributed by atoms with Gasteiger partial charge in [-0.15, -0.1) is 0 Å². The van der Waals surface area contributed by atoms with Gasteiger partial charge in [0.15, 0.2) is 0 Å². The molecule has 0 atom stereocenters. The van der Waals surface area contributed by atoms with Crippen molar-refractivity contribution >= 4 is 0 Å². The fraction of sp³-hybridized carbons (Fsp3) is 0.400. The number of rotatable bonds is 1. The molecular formula is C10H11N5O. The van der Waals surface area contributed by atoms with Gasteiger partial charge < -0.3 is 9.42 Å². The summed E-state index contributed by atoms with van der Waals surface area (Å²) in [5.74, 6) is 0.971. The number of aromatic nitrogens is 4. The van der Waals surface area contributed by atoms with Crippen molar-refractivity contribution in [1.29, 1.82) is 0 Å². The molecule has 0 saturated heterocycles. The Balaban J connectivity index is 2.01. The molecule has 0 bridgehead atoms. The molecule has 0 amide bonds. The molecule has 3 rings (SSSR count). The molecule has 0 unspecified atom stereocenters. The maximum Gasteiger partial charge on any atom is 0.239 e. The van der Waals surface area contributed by atoms with Crippen LogP contribution in [0.5, 0.6) is 0 Å². The molecule has 3 heterocycles. The van der Waals surface area contributed by atoms with Gasteiger partial charge in [-0.1, -0.05) is 5.16 Å². The van der Waals surface area contributed by atoms with Crippen LogP contribution in [0.4, 0.5) is 0 Å². The molecule has 82 valence electrons. The number of fused-ring (bicyclic) bond motifs is 1. The Labute approximate surface area is 92.3 Å². The Hall–Kier alpha value is -1.82. The summed E-state index contributed by atoms with van der Waals surface area (Å²) in [6.45, 7) is 1.90. The molecule has 0 saturated carbocycles. The fourth-order valence-corrected chi connectivity index (χ4v) is 1.81. The number of likely N-dealkylation sites (N-methyl/N-ethyl adjacent to an activating group) is 1. The van der Waals surface area contributed by atoms with Gasteiger partial charge in [-0.05, 0) is 19.0 Å². The number of hydrogen-bond donors (Lipinski definition) is 0. The molecule has 1 aliphatic heterocycles. The van der Waals surface area contributed by atoms with E-state index in [-0.39, 0.29) is 0 Å². The maximum atomic E-state index is 4.68. The van der Waals surface area contributed by atoms with Crippen LogP contribution in [-0.2, 0) is 13.0 Å². The minimum absolute atomic E-state index is 0.441. The van der Waals surface area contributed by atoms with Crippen molar-refractivity contribution in [2.45, 2.75) is 13.0 Å². The third-order valence-electron chi connectivity index (χ3n) is 2.70. The first kappa shape index (κ1) is 9.41.